The van der Waals surface area contributed by atoms with E-state index in [4.69, 9.17) is 4.74 Å². The van der Waals surface area contributed by atoms with Gasteiger partial charge in [-0.1, -0.05) is 36.4 Å². The SMILES string of the molecule is Cc1nn(-c2ccccc2)c(C)c1SCC(=O)N[C@H]1CCOc2ccccc21. The number of aryl methyl sites for hydroxylation is 1. The Labute approximate surface area is 169 Å². The normalized spacial score (nSPS) is 15.6. The van der Waals surface area contributed by atoms with E-state index in [0.717, 1.165) is 39.7 Å². The zero-order chi connectivity index (χ0) is 19.5. The first-order valence-corrected chi connectivity index (χ1v) is 10.4. The lowest BCUT2D eigenvalue weighted by Gasteiger charge is -2.26. The summed E-state index contributed by atoms with van der Waals surface area (Å²) in [6.45, 7) is 4.65. The highest BCUT2D eigenvalue weighted by atomic mass is 32.2. The molecule has 2 aromatic carbocycles. The van der Waals surface area contributed by atoms with Crippen molar-refractivity contribution < 1.29 is 9.53 Å². The molecule has 144 valence electrons. The monoisotopic (exact) mass is 393 g/mol. The van der Waals surface area contributed by atoms with Crippen LogP contribution in [0.1, 0.15) is 29.4 Å². The molecule has 1 N–H and O–H groups in total. The number of para-hydroxylation sites is 2. The standard InChI is InChI=1S/C22H23N3O2S/c1-15-22(16(2)25(24-15)17-8-4-3-5-9-17)28-14-21(26)23-19-12-13-27-20-11-7-6-10-18(19)20/h3-11,19H,12-14H2,1-2H3,(H,23,26)/t19-/m0/s1. The van der Waals surface area contributed by atoms with Gasteiger partial charge in [-0.3, -0.25) is 4.79 Å². The lowest BCUT2D eigenvalue weighted by Crippen LogP contribution is -2.33. The fourth-order valence-corrected chi connectivity index (χ4v) is 4.43. The summed E-state index contributed by atoms with van der Waals surface area (Å²) in [5, 5.41) is 7.81. The molecule has 1 amide bonds. The Balaban J connectivity index is 1.43. The second-order valence-electron chi connectivity index (χ2n) is 6.83. The number of ether oxygens (including phenoxy) is 1. The Hall–Kier alpha value is -2.73. The number of fused-ring (bicyclic) bond motifs is 1. The summed E-state index contributed by atoms with van der Waals surface area (Å²) in [4.78, 5) is 13.7. The molecule has 0 fully saturated rings. The van der Waals surface area contributed by atoms with Crippen LogP contribution in [-0.4, -0.2) is 28.0 Å². The molecule has 3 aromatic rings. The summed E-state index contributed by atoms with van der Waals surface area (Å²) >= 11 is 1.54. The topological polar surface area (TPSA) is 56.2 Å². The van der Waals surface area contributed by atoms with Gasteiger partial charge in [0.15, 0.2) is 0 Å². The van der Waals surface area contributed by atoms with Gasteiger partial charge in [-0.15, -0.1) is 11.8 Å². The summed E-state index contributed by atoms with van der Waals surface area (Å²) < 4.78 is 7.61. The number of benzene rings is 2. The van der Waals surface area contributed by atoms with Crippen LogP contribution in [0, 0.1) is 13.8 Å². The zero-order valence-corrected chi connectivity index (χ0v) is 16.8. The first kappa shape index (κ1) is 18.6. The first-order chi connectivity index (χ1) is 13.6. The Morgan fingerprint density at radius 1 is 1.18 bits per heavy atom. The van der Waals surface area contributed by atoms with E-state index < -0.39 is 0 Å². The van der Waals surface area contributed by atoms with Gasteiger partial charge in [0.1, 0.15) is 5.75 Å². The largest absolute Gasteiger partial charge is 0.493 e. The van der Waals surface area contributed by atoms with Gasteiger partial charge < -0.3 is 10.1 Å². The quantitative estimate of drug-likeness (QED) is 0.660. The molecule has 0 saturated heterocycles. The van der Waals surface area contributed by atoms with Gasteiger partial charge in [0.25, 0.3) is 0 Å². The first-order valence-electron chi connectivity index (χ1n) is 9.39. The molecule has 1 aliphatic heterocycles. The summed E-state index contributed by atoms with van der Waals surface area (Å²) in [5.74, 6) is 1.25. The van der Waals surface area contributed by atoms with Gasteiger partial charge in [-0.2, -0.15) is 5.10 Å². The highest BCUT2D eigenvalue weighted by Crippen LogP contribution is 2.32. The Morgan fingerprint density at radius 3 is 2.75 bits per heavy atom. The number of thioether (sulfide) groups is 1. The summed E-state index contributed by atoms with van der Waals surface area (Å²) in [6.07, 6.45) is 0.789. The average molecular weight is 394 g/mol. The van der Waals surface area contributed by atoms with Crippen molar-refractivity contribution in [3.63, 3.8) is 0 Å². The van der Waals surface area contributed by atoms with E-state index in [-0.39, 0.29) is 11.9 Å². The highest BCUT2D eigenvalue weighted by Gasteiger charge is 2.23. The molecule has 1 aromatic heterocycles. The molecule has 4 rings (SSSR count). The third kappa shape index (κ3) is 3.78. The second kappa shape index (κ2) is 8.10. The van der Waals surface area contributed by atoms with Crippen molar-refractivity contribution in [3.05, 3.63) is 71.5 Å². The fourth-order valence-electron chi connectivity index (χ4n) is 3.52. The molecule has 2 heterocycles. The maximum Gasteiger partial charge on any atom is 0.230 e. The number of carbonyl (C=O) groups is 1. The van der Waals surface area contributed by atoms with Crippen LogP contribution < -0.4 is 10.1 Å². The lowest BCUT2D eigenvalue weighted by atomic mass is 10.0. The van der Waals surface area contributed by atoms with Gasteiger partial charge in [0.2, 0.25) is 5.91 Å². The predicted octanol–water partition coefficient (Wildman–Crippen LogP) is 4.22. The summed E-state index contributed by atoms with van der Waals surface area (Å²) in [5.41, 5.74) is 4.07. The van der Waals surface area contributed by atoms with E-state index in [1.165, 1.54) is 0 Å². The van der Waals surface area contributed by atoms with Crippen LogP contribution in [0.5, 0.6) is 5.75 Å². The maximum atomic E-state index is 12.6. The average Bonchev–Trinajstić information content (AvgIpc) is 3.01. The molecule has 0 bridgehead atoms. The van der Waals surface area contributed by atoms with Crippen molar-refractivity contribution in [1.29, 1.82) is 0 Å². The van der Waals surface area contributed by atoms with Crippen molar-refractivity contribution >= 4 is 17.7 Å². The van der Waals surface area contributed by atoms with Crippen LogP contribution in [0.15, 0.2) is 59.5 Å². The number of rotatable bonds is 5. The van der Waals surface area contributed by atoms with Crippen LogP contribution in [0.3, 0.4) is 0 Å². The number of hydrogen-bond acceptors (Lipinski definition) is 4. The molecule has 0 spiro atoms. The zero-order valence-electron chi connectivity index (χ0n) is 16.0. The molecule has 0 aliphatic carbocycles. The fraction of sp³-hybridized carbons (Fsp3) is 0.273. The third-order valence-electron chi connectivity index (χ3n) is 4.87. The van der Waals surface area contributed by atoms with Gasteiger partial charge >= 0.3 is 0 Å². The molecule has 1 atom stereocenters. The maximum absolute atomic E-state index is 12.6. The van der Waals surface area contributed by atoms with Crippen LogP contribution in [0.2, 0.25) is 0 Å². The van der Waals surface area contributed by atoms with Crippen molar-refractivity contribution in [1.82, 2.24) is 15.1 Å². The number of hydrogen-bond donors (Lipinski definition) is 1. The van der Waals surface area contributed by atoms with Gasteiger partial charge in [-0.25, -0.2) is 4.68 Å². The van der Waals surface area contributed by atoms with E-state index >= 15 is 0 Å². The van der Waals surface area contributed by atoms with Gasteiger partial charge in [0, 0.05) is 12.0 Å². The Morgan fingerprint density at radius 2 is 1.93 bits per heavy atom. The van der Waals surface area contributed by atoms with E-state index in [1.54, 1.807) is 11.8 Å². The molecule has 6 heteroatoms. The molecule has 28 heavy (non-hydrogen) atoms. The van der Waals surface area contributed by atoms with Crippen molar-refractivity contribution in [3.8, 4) is 11.4 Å². The van der Waals surface area contributed by atoms with Crippen molar-refractivity contribution in [2.24, 2.45) is 0 Å². The van der Waals surface area contributed by atoms with Crippen LogP contribution >= 0.6 is 11.8 Å². The number of nitrogens with one attached hydrogen (secondary N) is 1. The number of nitrogens with zero attached hydrogens (tertiary/aromatic N) is 2. The minimum absolute atomic E-state index is 0.00675. The minimum Gasteiger partial charge on any atom is -0.493 e. The van der Waals surface area contributed by atoms with E-state index in [2.05, 4.69) is 10.4 Å². The molecule has 0 saturated carbocycles. The Kier molecular flexibility index (Phi) is 5.39. The van der Waals surface area contributed by atoms with Gasteiger partial charge in [-0.05, 0) is 32.0 Å². The minimum atomic E-state index is 0.00675. The highest BCUT2D eigenvalue weighted by molar-refractivity contribution is 8.00. The van der Waals surface area contributed by atoms with Crippen LogP contribution in [0.25, 0.3) is 5.69 Å². The van der Waals surface area contributed by atoms with Gasteiger partial charge in [0.05, 0.1) is 40.4 Å². The number of amides is 1. The second-order valence-corrected chi connectivity index (χ2v) is 7.82. The predicted molar refractivity (Wildman–Crippen MR) is 111 cm³/mol. The van der Waals surface area contributed by atoms with E-state index in [1.807, 2.05) is 73.1 Å². The molecule has 0 unspecified atom stereocenters. The smallest absolute Gasteiger partial charge is 0.230 e. The third-order valence-corrected chi connectivity index (χ3v) is 6.15. The van der Waals surface area contributed by atoms with Crippen molar-refractivity contribution in [2.75, 3.05) is 12.4 Å². The Bertz CT molecular complexity index is 985. The molecular formula is C22H23N3O2S. The molecule has 5 nitrogen and oxygen atoms in total. The number of carbonyl (C=O) groups excluding carboxylic acids is 1. The molecule has 1 aliphatic rings. The van der Waals surface area contributed by atoms with E-state index in [9.17, 15) is 4.79 Å². The number of aromatic nitrogens is 2. The summed E-state index contributed by atoms with van der Waals surface area (Å²) in [7, 11) is 0. The van der Waals surface area contributed by atoms with Crippen molar-refractivity contribution in [2.45, 2.75) is 31.2 Å². The van der Waals surface area contributed by atoms with Crippen LogP contribution in [0.4, 0.5) is 0 Å². The van der Waals surface area contributed by atoms with Crippen LogP contribution in [-0.2, 0) is 4.79 Å². The lowest BCUT2D eigenvalue weighted by molar-refractivity contribution is -0.119. The van der Waals surface area contributed by atoms with E-state index in [0.29, 0.717) is 12.4 Å². The molecule has 0 radical (unpaired) electrons. The summed E-state index contributed by atoms with van der Waals surface area (Å²) in [6, 6.07) is 18.0. The molecular weight excluding hydrogens is 370 g/mol.